The van der Waals surface area contributed by atoms with Crippen LogP contribution in [0.3, 0.4) is 0 Å². The number of carbonyl (C=O) groups excluding carboxylic acids is 2. The SMILES string of the molecule is Cc1ccccc1CN(C(=O)CCCN(c1ccccc1C)S(C)(=O)=O)C(Cc1ccccc1)C(=O)NCC(C)C. The van der Waals surface area contributed by atoms with Crippen molar-refractivity contribution in [3.63, 3.8) is 0 Å². The monoisotopic (exact) mass is 577 g/mol. The average molecular weight is 578 g/mol. The van der Waals surface area contributed by atoms with Gasteiger partial charge in [-0.15, -0.1) is 0 Å². The molecule has 1 unspecified atom stereocenters. The summed E-state index contributed by atoms with van der Waals surface area (Å²) in [5.41, 5.74) is 4.41. The summed E-state index contributed by atoms with van der Waals surface area (Å²) in [6.45, 7) is 8.88. The first-order chi connectivity index (χ1) is 19.5. The molecule has 2 amide bonds. The minimum atomic E-state index is -3.55. The van der Waals surface area contributed by atoms with Crippen LogP contribution in [0.5, 0.6) is 0 Å². The third kappa shape index (κ3) is 9.46. The highest BCUT2D eigenvalue weighted by Crippen LogP contribution is 2.23. The molecule has 220 valence electrons. The molecule has 0 radical (unpaired) electrons. The highest BCUT2D eigenvalue weighted by Gasteiger charge is 2.31. The average Bonchev–Trinajstić information content (AvgIpc) is 2.93. The van der Waals surface area contributed by atoms with Crippen molar-refractivity contribution in [2.75, 3.05) is 23.7 Å². The molecule has 1 atom stereocenters. The summed E-state index contributed by atoms with van der Waals surface area (Å²) in [5.74, 6) is -0.116. The molecule has 3 aromatic rings. The van der Waals surface area contributed by atoms with Crippen LogP contribution in [0, 0.1) is 19.8 Å². The molecule has 0 fully saturated rings. The standard InChI is InChI=1S/C33H43N3O4S/c1-25(2)23-34-33(38)31(22-28-16-7-6-8-17-28)35(24-29-18-11-9-14-26(29)3)32(37)20-13-21-36(41(5,39)40)30-19-12-10-15-27(30)4/h6-12,14-19,25,31H,13,20-24H2,1-5H3,(H,34,38). The first-order valence-electron chi connectivity index (χ1n) is 14.2. The summed E-state index contributed by atoms with van der Waals surface area (Å²) < 4.78 is 26.7. The van der Waals surface area contributed by atoms with Crippen LogP contribution in [0.25, 0.3) is 0 Å². The number of hydrogen-bond acceptors (Lipinski definition) is 4. The summed E-state index contributed by atoms with van der Waals surface area (Å²) in [5, 5.41) is 3.04. The molecule has 0 heterocycles. The van der Waals surface area contributed by atoms with Gasteiger partial charge < -0.3 is 10.2 Å². The Bertz CT molecular complexity index is 1410. The Morgan fingerprint density at radius 3 is 2.07 bits per heavy atom. The van der Waals surface area contributed by atoms with Crippen LogP contribution in [-0.2, 0) is 32.6 Å². The molecule has 0 aliphatic rings. The van der Waals surface area contributed by atoms with Crippen LogP contribution >= 0.6 is 0 Å². The number of anilines is 1. The van der Waals surface area contributed by atoms with Gasteiger partial charge >= 0.3 is 0 Å². The summed E-state index contributed by atoms with van der Waals surface area (Å²) >= 11 is 0. The normalized spacial score (nSPS) is 12.1. The lowest BCUT2D eigenvalue weighted by Crippen LogP contribution is -2.51. The van der Waals surface area contributed by atoms with E-state index in [1.165, 1.54) is 10.6 Å². The molecule has 0 bridgehead atoms. The molecule has 3 aromatic carbocycles. The first-order valence-corrected chi connectivity index (χ1v) is 16.0. The van der Waals surface area contributed by atoms with Gasteiger partial charge in [0, 0.05) is 32.5 Å². The molecule has 0 aliphatic carbocycles. The van der Waals surface area contributed by atoms with Gasteiger partial charge in [-0.25, -0.2) is 8.42 Å². The third-order valence-corrected chi connectivity index (χ3v) is 8.27. The number of benzene rings is 3. The second-order valence-corrected chi connectivity index (χ2v) is 12.9. The molecule has 0 aromatic heterocycles. The Kier molecular flexibility index (Phi) is 11.5. The molecular formula is C33H43N3O4S. The number of rotatable bonds is 14. The summed E-state index contributed by atoms with van der Waals surface area (Å²) in [7, 11) is -3.55. The summed E-state index contributed by atoms with van der Waals surface area (Å²) in [6, 6.07) is 24.2. The van der Waals surface area contributed by atoms with E-state index in [0.29, 0.717) is 25.1 Å². The number of hydrogen-bond donors (Lipinski definition) is 1. The van der Waals surface area contributed by atoms with E-state index in [-0.39, 0.29) is 37.2 Å². The highest BCUT2D eigenvalue weighted by atomic mass is 32.2. The fourth-order valence-electron chi connectivity index (χ4n) is 4.77. The van der Waals surface area contributed by atoms with E-state index in [4.69, 9.17) is 0 Å². The summed E-state index contributed by atoms with van der Waals surface area (Å²) in [4.78, 5) is 29.2. The molecule has 7 nitrogen and oxygen atoms in total. The van der Waals surface area contributed by atoms with E-state index in [0.717, 1.165) is 22.3 Å². The molecule has 8 heteroatoms. The Balaban J connectivity index is 1.90. The smallest absolute Gasteiger partial charge is 0.243 e. The lowest BCUT2D eigenvalue weighted by molar-refractivity contribution is -0.141. The summed E-state index contributed by atoms with van der Waals surface area (Å²) in [6.07, 6.45) is 1.98. The largest absolute Gasteiger partial charge is 0.354 e. The van der Waals surface area contributed by atoms with Crippen LogP contribution in [0.2, 0.25) is 0 Å². The van der Waals surface area contributed by atoms with Gasteiger partial charge in [-0.1, -0.05) is 86.6 Å². The van der Waals surface area contributed by atoms with Crippen molar-refractivity contribution in [3.05, 3.63) is 101 Å². The zero-order valence-electron chi connectivity index (χ0n) is 24.8. The van der Waals surface area contributed by atoms with Crippen molar-refractivity contribution < 1.29 is 18.0 Å². The van der Waals surface area contributed by atoms with Crippen molar-refractivity contribution in [3.8, 4) is 0 Å². The van der Waals surface area contributed by atoms with Crippen LogP contribution in [-0.4, -0.2) is 50.5 Å². The quantitative estimate of drug-likeness (QED) is 0.283. The van der Waals surface area contributed by atoms with Gasteiger partial charge in [0.05, 0.1) is 11.9 Å². The lowest BCUT2D eigenvalue weighted by Gasteiger charge is -2.32. The Labute approximate surface area is 245 Å². The van der Waals surface area contributed by atoms with Crippen molar-refractivity contribution in [2.45, 2.75) is 59.5 Å². The number of amides is 2. The van der Waals surface area contributed by atoms with E-state index in [1.54, 1.807) is 17.0 Å². The predicted molar refractivity (Wildman–Crippen MR) is 166 cm³/mol. The lowest BCUT2D eigenvalue weighted by atomic mass is 10.0. The van der Waals surface area contributed by atoms with Gasteiger partial charge in [0.1, 0.15) is 6.04 Å². The minimum absolute atomic E-state index is 0.104. The Morgan fingerprint density at radius 2 is 1.46 bits per heavy atom. The molecule has 3 rings (SSSR count). The van der Waals surface area contributed by atoms with Gasteiger partial charge in [0.15, 0.2) is 0 Å². The van der Waals surface area contributed by atoms with Crippen molar-refractivity contribution in [1.82, 2.24) is 10.2 Å². The van der Waals surface area contributed by atoms with E-state index in [1.807, 2.05) is 94.4 Å². The topological polar surface area (TPSA) is 86.8 Å². The Morgan fingerprint density at radius 1 is 0.854 bits per heavy atom. The third-order valence-electron chi connectivity index (χ3n) is 7.09. The van der Waals surface area contributed by atoms with Crippen molar-refractivity contribution in [1.29, 1.82) is 0 Å². The zero-order valence-corrected chi connectivity index (χ0v) is 25.7. The number of sulfonamides is 1. The van der Waals surface area contributed by atoms with Gasteiger partial charge in [0.2, 0.25) is 21.8 Å². The van der Waals surface area contributed by atoms with Gasteiger partial charge in [0.25, 0.3) is 0 Å². The minimum Gasteiger partial charge on any atom is -0.354 e. The van der Waals surface area contributed by atoms with E-state index in [9.17, 15) is 18.0 Å². The van der Waals surface area contributed by atoms with E-state index >= 15 is 0 Å². The maximum Gasteiger partial charge on any atom is 0.243 e. The van der Waals surface area contributed by atoms with Crippen LogP contribution in [0.4, 0.5) is 5.69 Å². The number of carbonyl (C=O) groups is 2. The second kappa shape index (κ2) is 14.8. The molecule has 0 saturated heterocycles. The molecule has 1 N–H and O–H groups in total. The predicted octanol–water partition coefficient (Wildman–Crippen LogP) is 5.26. The second-order valence-electron chi connectivity index (χ2n) is 11.0. The van der Waals surface area contributed by atoms with Crippen molar-refractivity contribution >= 4 is 27.5 Å². The number of aryl methyl sites for hydroxylation is 2. The molecule has 41 heavy (non-hydrogen) atoms. The molecule has 0 spiro atoms. The van der Waals surface area contributed by atoms with Crippen LogP contribution < -0.4 is 9.62 Å². The van der Waals surface area contributed by atoms with Gasteiger partial charge in [-0.05, 0) is 54.5 Å². The van der Waals surface area contributed by atoms with E-state index < -0.39 is 16.1 Å². The molecule has 0 saturated carbocycles. The number of nitrogens with zero attached hydrogens (tertiary/aromatic N) is 2. The van der Waals surface area contributed by atoms with Gasteiger partial charge in [-0.2, -0.15) is 0 Å². The highest BCUT2D eigenvalue weighted by molar-refractivity contribution is 7.92. The number of para-hydroxylation sites is 1. The fraction of sp³-hybridized carbons (Fsp3) is 0.394. The maximum atomic E-state index is 13.9. The molecule has 0 aliphatic heterocycles. The maximum absolute atomic E-state index is 13.9. The Hall–Kier alpha value is -3.65. The zero-order chi connectivity index (χ0) is 30.0. The van der Waals surface area contributed by atoms with Crippen molar-refractivity contribution in [2.24, 2.45) is 5.92 Å². The van der Waals surface area contributed by atoms with Crippen LogP contribution in [0.15, 0.2) is 78.9 Å². The fourth-order valence-corrected chi connectivity index (χ4v) is 5.80. The number of nitrogens with one attached hydrogen (secondary N) is 1. The molecular weight excluding hydrogens is 534 g/mol. The van der Waals surface area contributed by atoms with Crippen LogP contribution in [0.1, 0.15) is 48.9 Å². The van der Waals surface area contributed by atoms with Gasteiger partial charge in [-0.3, -0.25) is 13.9 Å². The van der Waals surface area contributed by atoms with E-state index in [2.05, 4.69) is 5.32 Å². The first kappa shape index (κ1) is 31.9.